The molecular formula is C10H22NO2. The predicted molar refractivity (Wildman–Crippen MR) is 54.0 cm³/mol. The summed E-state index contributed by atoms with van der Waals surface area (Å²) in [6, 6.07) is 0. The summed E-state index contributed by atoms with van der Waals surface area (Å²) in [5.74, 6) is 0. The summed E-state index contributed by atoms with van der Waals surface area (Å²) in [6.07, 6.45) is 0.615. The van der Waals surface area contributed by atoms with Gasteiger partial charge in [0.1, 0.15) is 0 Å². The van der Waals surface area contributed by atoms with Gasteiger partial charge in [0.05, 0.1) is 25.4 Å². The molecule has 0 spiro atoms. The third-order valence-corrected chi connectivity index (χ3v) is 1.40. The SMILES string of the molecule is CC(C)OCC[N]CCOC(C)C. The molecule has 0 saturated carbocycles. The average Bonchev–Trinajstić information content (AvgIpc) is 2.01. The van der Waals surface area contributed by atoms with E-state index in [-0.39, 0.29) is 0 Å². The Hall–Kier alpha value is -0.120. The summed E-state index contributed by atoms with van der Waals surface area (Å²) in [6.45, 7) is 11.1. The largest absolute Gasteiger partial charge is 0.377 e. The molecule has 13 heavy (non-hydrogen) atoms. The Kier molecular flexibility index (Phi) is 8.40. The standard InChI is InChI=1S/C10H22NO2/c1-9(2)12-7-5-11-6-8-13-10(3)4/h9-10H,5-8H2,1-4H3. The molecule has 0 aliphatic heterocycles. The fourth-order valence-corrected chi connectivity index (χ4v) is 0.818. The molecule has 0 heterocycles. The van der Waals surface area contributed by atoms with Crippen molar-refractivity contribution < 1.29 is 9.47 Å². The van der Waals surface area contributed by atoms with Gasteiger partial charge >= 0.3 is 0 Å². The molecule has 0 atom stereocenters. The molecule has 79 valence electrons. The van der Waals surface area contributed by atoms with Crippen LogP contribution in [0, 0.1) is 0 Å². The molecule has 3 nitrogen and oxygen atoms in total. The number of rotatable bonds is 8. The zero-order valence-corrected chi connectivity index (χ0v) is 9.25. The quantitative estimate of drug-likeness (QED) is 0.540. The minimum atomic E-state index is 0.308. The number of nitrogens with zero attached hydrogens (tertiary/aromatic N) is 1. The molecule has 0 N–H and O–H groups in total. The Labute approximate surface area is 81.8 Å². The smallest absolute Gasteiger partial charge is 0.0611 e. The van der Waals surface area contributed by atoms with Crippen LogP contribution in [0.1, 0.15) is 27.7 Å². The van der Waals surface area contributed by atoms with Crippen molar-refractivity contribution in [2.45, 2.75) is 39.9 Å². The molecule has 3 heteroatoms. The molecule has 0 aromatic rings. The Morgan fingerprint density at radius 3 is 1.54 bits per heavy atom. The fraction of sp³-hybridized carbons (Fsp3) is 1.00. The Morgan fingerprint density at radius 1 is 0.846 bits per heavy atom. The van der Waals surface area contributed by atoms with Gasteiger partial charge < -0.3 is 9.47 Å². The van der Waals surface area contributed by atoms with Crippen molar-refractivity contribution in [2.24, 2.45) is 0 Å². The topological polar surface area (TPSA) is 32.6 Å². The van der Waals surface area contributed by atoms with Gasteiger partial charge in [-0.3, -0.25) is 0 Å². The summed E-state index contributed by atoms with van der Waals surface area (Å²) in [5.41, 5.74) is 0. The van der Waals surface area contributed by atoms with E-state index in [9.17, 15) is 0 Å². The molecule has 0 aliphatic rings. The van der Waals surface area contributed by atoms with Crippen molar-refractivity contribution in [3.05, 3.63) is 0 Å². The molecule has 0 bridgehead atoms. The number of hydrogen-bond donors (Lipinski definition) is 0. The van der Waals surface area contributed by atoms with Crippen molar-refractivity contribution in [1.29, 1.82) is 0 Å². The molecular weight excluding hydrogens is 166 g/mol. The number of hydrogen-bond acceptors (Lipinski definition) is 2. The van der Waals surface area contributed by atoms with Crippen molar-refractivity contribution in [2.75, 3.05) is 26.3 Å². The first-order chi connectivity index (χ1) is 6.13. The summed E-state index contributed by atoms with van der Waals surface area (Å²) < 4.78 is 10.7. The monoisotopic (exact) mass is 188 g/mol. The molecule has 1 radical (unpaired) electrons. The highest BCUT2D eigenvalue weighted by atomic mass is 16.5. The third kappa shape index (κ3) is 11.9. The van der Waals surface area contributed by atoms with Crippen molar-refractivity contribution in [1.82, 2.24) is 5.32 Å². The first-order valence-corrected chi connectivity index (χ1v) is 4.99. The van der Waals surface area contributed by atoms with Crippen molar-refractivity contribution in [3.8, 4) is 0 Å². The summed E-state index contributed by atoms with van der Waals surface area (Å²) in [5, 5.41) is 4.27. The fourth-order valence-electron chi connectivity index (χ4n) is 0.818. The van der Waals surface area contributed by atoms with Crippen LogP contribution in [0.4, 0.5) is 0 Å². The van der Waals surface area contributed by atoms with Gasteiger partial charge in [0, 0.05) is 13.1 Å². The van der Waals surface area contributed by atoms with Crippen LogP contribution >= 0.6 is 0 Å². The maximum absolute atomic E-state index is 5.33. The van der Waals surface area contributed by atoms with Gasteiger partial charge in [-0.1, -0.05) is 0 Å². The lowest BCUT2D eigenvalue weighted by Gasteiger charge is -2.08. The lowest BCUT2D eigenvalue weighted by molar-refractivity contribution is 0.0681. The molecule has 0 aliphatic carbocycles. The van der Waals surface area contributed by atoms with E-state index in [4.69, 9.17) is 9.47 Å². The summed E-state index contributed by atoms with van der Waals surface area (Å²) >= 11 is 0. The third-order valence-electron chi connectivity index (χ3n) is 1.40. The second kappa shape index (κ2) is 8.48. The predicted octanol–water partition coefficient (Wildman–Crippen LogP) is 1.44. The summed E-state index contributed by atoms with van der Waals surface area (Å²) in [4.78, 5) is 0. The molecule has 0 rings (SSSR count). The zero-order chi connectivity index (χ0) is 10.1. The van der Waals surface area contributed by atoms with Gasteiger partial charge in [0.25, 0.3) is 0 Å². The maximum Gasteiger partial charge on any atom is 0.0611 e. The molecule has 0 unspecified atom stereocenters. The van der Waals surface area contributed by atoms with Crippen molar-refractivity contribution in [3.63, 3.8) is 0 Å². The van der Waals surface area contributed by atoms with Gasteiger partial charge in [0.15, 0.2) is 0 Å². The lowest BCUT2D eigenvalue weighted by Crippen LogP contribution is -2.20. The van der Waals surface area contributed by atoms with Crippen LogP contribution in [0.3, 0.4) is 0 Å². The van der Waals surface area contributed by atoms with Gasteiger partial charge in [-0.15, -0.1) is 0 Å². The van der Waals surface area contributed by atoms with Crippen LogP contribution in [-0.2, 0) is 9.47 Å². The zero-order valence-electron chi connectivity index (χ0n) is 9.25. The second-order valence-corrected chi connectivity index (χ2v) is 3.51. The maximum atomic E-state index is 5.33. The average molecular weight is 188 g/mol. The highest BCUT2D eigenvalue weighted by Crippen LogP contribution is 1.87. The van der Waals surface area contributed by atoms with Gasteiger partial charge in [0.2, 0.25) is 0 Å². The molecule has 0 aromatic carbocycles. The van der Waals surface area contributed by atoms with Crippen LogP contribution in [0.25, 0.3) is 0 Å². The van der Waals surface area contributed by atoms with E-state index in [0.717, 1.165) is 26.3 Å². The van der Waals surface area contributed by atoms with Gasteiger partial charge in [-0.2, -0.15) is 0 Å². The van der Waals surface area contributed by atoms with E-state index in [1.165, 1.54) is 0 Å². The van der Waals surface area contributed by atoms with Crippen LogP contribution < -0.4 is 5.32 Å². The van der Waals surface area contributed by atoms with Gasteiger partial charge in [-0.05, 0) is 27.7 Å². The van der Waals surface area contributed by atoms with E-state index < -0.39 is 0 Å². The molecule has 0 saturated heterocycles. The lowest BCUT2D eigenvalue weighted by atomic mass is 10.5. The highest BCUT2D eigenvalue weighted by molar-refractivity contribution is 4.46. The van der Waals surface area contributed by atoms with E-state index in [1.807, 2.05) is 27.7 Å². The Bertz CT molecular complexity index is 93.1. The minimum absolute atomic E-state index is 0.308. The minimum Gasteiger partial charge on any atom is -0.377 e. The highest BCUT2D eigenvalue weighted by Gasteiger charge is 1.95. The normalized spacial score (nSPS) is 11.5. The van der Waals surface area contributed by atoms with E-state index >= 15 is 0 Å². The molecule has 0 aromatic heterocycles. The van der Waals surface area contributed by atoms with E-state index in [2.05, 4.69) is 5.32 Å². The molecule has 0 fully saturated rings. The first kappa shape index (κ1) is 12.9. The Balaban J connectivity index is 2.92. The van der Waals surface area contributed by atoms with Crippen LogP contribution in [-0.4, -0.2) is 38.5 Å². The first-order valence-electron chi connectivity index (χ1n) is 4.99. The summed E-state index contributed by atoms with van der Waals surface area (Å²) in [7, 11) is 0. The van der Waals surface area contributed by atoms with Crippen LogP contribution in [0.2, 0.25) is 0 Å². The van der Waals surface area contributed by atoms with E-state index in [0.29, 0.717) is 12.2 Å². The van der Waals surface area contributed by atoms with Crippen LogP contribution in [0.15, 0.2) is 0 Å². The molecule has 0 amide bonds. The number of ether oxygens (including phenoxy) is 2. The second-order valence-electron chi connectivity index (χ2n) is 3.51. The van der Waals surface area contributed by atoms with Gasteiger partial charge in [-0.25, -0.2) is 5.32 Å². The van der Waals surface area contributed by atoms with Crippen molar-refractivity contribution >= 4 is 0 Å². The van der Waals surface area contributed by atoms with Crippen LogP contribution in [0.5, 0.6) is 0 Å². The van der Waals surface area contributed by atoms with E-state index in [1.54, 1.807) is 0 Å². The Morgan fingerprint density at radius 2 is 1.23 bits per heavy atom.